The molecule has 5 heteroatoms. The molecule has 0 aliphatic carbocycles. The van der Waals surface area contributed by atoms with E-state index in [4.69, 9.17) is 15.0 Å². The second-order valence-corrected chi connectivity index (χ2v) is 0.250. The fraction of sp³-hybridized carbons (Fsp3) is 0. The van der Waals surface area contributed by atoms with E-state index >= 15 is 0 Å². The zero-order chi connectivity index (χ0) is 3.58. The van der Waals surface area contributed by atoms with Crippen molar-refractivity contribution in [2.24, 2.45) is 0 Å². The molecule has 0 heterocycles. The molecule has 0 atom stereocenters. The van der Waals surface area contributed by atoms with Crippen molar-refractivity contribution in [1.82, 2.24) is 0 Å². The fourth-order valence-electron chi connectivity index (χ4n) is 0. The van der Waals surface area contributed by atoms with Gasteiger partial charge >= 0.3 is 39.9 Å². The first-order chi connectivity index (χ1) is 1.73. The summed E-state index contributed by atoms with van der Waals surface area (Å²) >= 11 is 0. The molecule has 6 heavy (non-hydrogen) atoms. The van der Waals surface area contributed by atoms with Crippen LogP contribution in [0.15, 0.2) is 0 Å². The van der Waals surface area contributed by atoms with Crippen molar-refractivity contribution in [2.45, 2.75) is 0 Å². The summed E-state index contributed by atoms with van der Waals surface area (Å²) in [5.41, 5.74) is 0. The summed E-state index contributed by atoms with van der Waals surface area (Å²) in [4.78, 5) is 8.33. The minimum atomic E-state index is -2.33. The molecule has 0 saturated heterocycles. The number of hydrogen-bond acceptors (Lipinski definition) is 3. The Labute approximate surface area is 66.2 Å². The average Bonchev–Trinajstić information content (AvgIpc) is 0.811. The van der Waals surface area contributed by atoms with Crippen molar-refractivity contribution in [2.75, 3.05) is 0 Å². The van der Waals surface area contributed by atoms with Crippen LogP contribution in [0.4, 0.5) is 4.79 Å². The average molecular weight is 235 g/mol. The Kier molecular flexibility index (Phi) is 24.3. The predicted octanol–water partition coefficient (Wildman–Crippen LogP) is -3.27. The maximum atomic E-state index is 8.33. The van der Waals surface area contributed by atoms with Gasteiger partial charge in [-0.3, -0.25) is 0 Å². The zero-order valence-electron chi connectivity index (χ0n) is 2.58. The van der Waals surface area contributed by atoms with Crippen molar-refractivity contribution in [3.05, 3.63) is 0 Å². The molecule has 0 aliphatic heterocycles. The normalized spacial score (nSPS) is 4.00. The van der Waals surface area contributed by atoms with Crippen LogP contribution in [0, 0.1) is 39.9 Å². The zero-order valence-corrected chi connectivity index (χ0v) is 4.85. The molecular formula is CH2GdO4+. The number of carbonyl (C=O) groups excluding carboxylic acids is 1. The summed E-state index contributed by atoms with van der Waals surface area (Å²) in [7, 11) is 0. The van der Waals surface area contributed by atoms with E-state index in [1.165, 1.54) is 0 Å². The van der Waals surface area contributed by atoms with E-state index in [9.17, 15) is 0 Å². The van der Waals surface area contributed by atoms with Gasteiger partial charge in [0, 0.05) is 0 Å². The Hall–Kier alpha value is 0.555. The minimum absolute atomic E-state index is 0. The predicted molar refractivity (Wildman–Crippen MR) is 9.01 cm³/mol. The van der Waals surface area contributed by atoms with Gasteiger partial charge in [0.05, 0.1) is 0 Å². The van der Waals surface area contributed by atoms with Crippen LogP contribution in [0.2, 0.25) is 0 Å². The van der Waals surface area contributed by atoms with E-state index in [0.29, 0.717) is 0 Å². The van der Waals surface area contributed by atoms with Gasteiger partial charge in [-0.05, 0) is 6.16 Å². The van der Waals surface area contributed by atoms with Crippen molar-refractivity contribution >= 4 is 6.16 Å². The maximum absolute atomic E-state index is 8.33. The molecule has 0 aliphatic rings. The van der Waals surface area contributed by atoms with Gasteiger partial charge in [0.15, 0.2) is 0 Å². The van der Waals surface area contributed by atoms with Crippen LogP contribution in [-0.4, -0.2) is 11.6 Å². The molecule has 0 rings (SSSR count). The summed E-state index contributed by atoms with van der Waals surface area (Å²) in [5.74, 6) is 0. The van der Waals surface area contributed by atoms with Gasteiger partial charge < -0.3 is 20.5 Å². The second-order valence-electron chi connectivity index (χ2n) is 0.250. The molecule has 0 saturated carbocycles. The largest absolute Gasteiger partial charge is 3.00 e. The van der Waals surface area contributed by atoms with Crippen LogP contribution in [0.25, 0.3) is 0 Å². The molecule has 0 bridgehead atoms. The third-order valence-electron chi connectivity index (χ3n) is 0. The first-order valence-electron chi connectivity index (χ1n) is 0.612. The molecule has 0 aromatic rings. The molecule has 0 spiro atoms. The molecule has 0 unspecified atom stereocenters. The number of rotatable bonds is 0. The van der Waals surface area contributed by atoms with E-state index in [2.05, 4.69) is 0 Å². The molecule has 0 fully saturated rings. The van der Waals surface area contributed by atoms with Crippen LogP contribution in [0.5, 0.6) is 0 Å². The van der Waals surface area contributed by atoms with Crippen molar-refractivity contribution < 1.29 is 60.4 Å². The molecule has 0 aromatic carbocycles. The Morgan fingerprint density at radius 3 is 1.33 bits per heavy atom. The summed E-state index contributed by atoms with van der Waals surface area (Å²) in [6, 6.07) is 0. The van der Waals surface area contributed by atoms with Crippen molar-refractivity contribution in [1.29, 1.82) is 0 Å². The molecule has 37 valence electrons. The Balaban J connectivity index is -0.0000000450. The van der Waals surface area contributed by atoms with E-state index in [1.807, 2.05) is 0 Å². The van der Waals surface area contributed by atoms with E-state index < -0.39 is 6.16 Å². The van der Waals surface area contributed by atoms with Crippen LogP contribution in [0.1, 0.15) is 0 Å². The third-order valence-corrected chi connectivity index (χ3v) is 0. The smallest absolute Gasteiger partial charge is 0.652 e. The Bertz CT molecular complexity index is 30.5. The standard InChI is InChI=1S/CH2O3.Gd.H2O/c2-1(3)4;;/h(H2,2,3,4);;1H2/q;+3;/p-2. The summed E-state index contributed by atoms with van der Waals surface area (Å²) in [6.07, 6.45) is -2.33. The van der Waals surface area contributed by atoms with Gasteiger partial charge in [-0.2, -0.15) is 0 Å². The summed E-state index contributed by atoms with van der Waals surface area (Å²) in [5, 5.41) is 16.7. The van der Waals surface area contributed by atoms with E-state index in [-0.39, 0.29) is 45.4 Å². The summed E-state index contributed by atoms with van der Waals surface area (Å²) in [6.45, 7) is 0. The molecule has 0 amide bonds. The quantitative estimate of drug-likeness (QED) is 0.440. The van der Waals surface area contributed by atoms with Crippen molar-refractivity contribution in [3.8, 4) is 0 Å². The number of carboxylic acid groups (broad SMARTS) is 2. The topological polar surface area (TPSA) is 94.7 Å². The molecule has 0 aromatic heterocycles. The monoisotopic (exact) mass is 236 g/mol. The van der Waals surface area contributed by atoms with Crippen LogP contribution in [-0.2, 0) is 0 Å². The van der Waals surface area contributed by atoms with Gasteiger partial charge in [0.2, 0.25) is 0 Å². The molecular weight excluding hydrogens is 233 g/mol. The molecule has 4 nitrogen and oxygen atoms in total. The van der Waals surface area contributed by atoms with Crippen molar-refractivity contribution in [3.63, 3.8) is 0 Å². The van der Waals surface area contributed by atoms with Gasteiger partial charge in [-0.1, -0.05) is 0 Å². The van der Waals surface area contributed by atoms with E-state index in [0.717, 1.165) is 0 Å². The third kappa shape index (κ3) is 187. The fourth-order valence-corrected chi connectivity index (χ4v) is 0. The van der Waals surface area contributed by atoms with Gasteiger partial charge in [0.1, 0.15) is 0 Å². The van der Waals surface area contributed by atoms with Crippen LogP contribution in [0.3, 0.4) is 0 Å². The molecule has 1 radical (unpaired) electrons. The van der Waals surface area contributed by atoms with E-state index in [1.54, 1.807) is 0 Å². The van der Waals surface area contributed by atoms with Gasteiger partial charge in [-0.15, -0.1) is 0 Å². The first kappa shape index (κ1) is 16.0. The minimum Gasteiger partial charge on any atom is -0.652 e. The Morgan fingerprint density at radius 2 is 1.33 bits per heavy atom. The van der Waals surface area contributed by atoms with Crippen LogP contribution < -0.4 is 10.2 Å². The number of carbonyl (C=O) groups is 1. The summed E-state index contributed by atoms with van der Waals surface area (Å²) < 4.78 is 0. The SMILES string of the molecule is O.O=C([O-])[O-].[Gd+3]. The maximum Gasteiger partial charge on any atom is 3.00 e. The number of hydrogen-bond donors (Lipinski definition) is 0. The first-order valence-corrected chi connectivity index (χ1v) is 0.612. The Morgan fingerprint density at radius 1 is 1.33 bits per heavy atom. The van der Waals surface area contributed by atoms with Gasteiger partial charge in [-0.25, -0.2) is 0 Å². The molecule has 2 N–H and O–H groups in total. The van der Waals surface area contributed by atoms with Crippen LogP contribution >= 0.6 is 0 Å². The second kappa shape index (κ2) is 9.12. The van der Waals surface area contributed by atoms with Gasteiger partial charge in [0.25, 0.3) is 0 Å².